The molecule has 0 spiro atoms. The van der Waals surface area contributed by atoms with Gasteiger partial charge in [-0.25, -0.2) is 0 Å². The van der Waals surface area contributed by atoms with E-state index in [0.717, 1.165) is 19.4 Å². The van der Waals surface area contributed by atoms with Crippen LogP contribution in [0.4, 0.5) is 0 Å². The predicted molar refractivity (Wildman–Crippen MR) is 77.0 cm³/mol. The SMILES string of the molecule is CCCCC/C=C/CCCC1NC=CN1CCO. The molecular formula is C15H28N2O. The van der Waals surface area contributed by atoms with Gasteiger partial charge in [-0.1, -0.05) is 31.9 Å². The summed E-state index contributed by atoms with van der Waals surface area (Å²) in [5.74, 6) is 0. The van der Waals surface area contributed by atoms with E-state index in [2.05, 4.69) is 29.3 Å². The van der Waals surface area contributed by atoms with Crippen molar-refractivity contribution in [2.45, 2.75) is 58.0 Å². The molecule has 0 aromatic carbocycles. The van der Waals surface area contributed by atoms with E-state index in [9.17, 15) is 0 Å². The van der Waals surface area contributed by atoms with Crippen molar-refractivity contribution in [3.63, 3.8) is 0 Å². The first-order valence-electron chi connectivity index (χ1n) is 7.32. The Bertz CT molecular complexity index is 251. The molecule has 0 fully saturated rings. The van der Waals surface area contributed by atoms with Crippen molar-refractivity contribution in [1.82, 2.24) is 10.2 Å². The molecule has 0 bridgehead atoms. The van der Waals surface area contributed by atoms with Gasteiger partial charge in [0.1, 0.15) is 0 Å². The van der Waals surface area contributed by atoms with Crippen molar-refractivity contribution < 1.29 is 5.11 Å². The Kier molecular flexibility index (Phi) is 8.40. The van der Waals surface area contributed by atoms with Crippen LogP contribution in [0.3, 0.4) is 0 Å². The van der Waals surface area contributed by atoms with Gasteiger partial charge in [-0.05, 0) is 32.1 Å². The number of rotatable bonds is 10. The lowest BCUT2D eigenvalue weighted by Gasteiger charge is -2.24. The van der Waals surface area contributed by atoms with Crippen molar-refractivity contribution in [1.29, 1.82) is 0 Å². The molecular weight excluding hydrogens is 224 g/mol. The van der Waals surface area contributed by atoms with Crippen LogP contribution in [-0.4, -0.2) is 29.3 Å². The smallest absolute Gasteiger partial charge is 0.0982 e. The normalized spacial score (nSPS) is 18.8. The van der Waals surface area contributed by atoms with Crippen LogP contribution in [0, 0.1) is 0 Å². The molecule has 3 heteroatoms. The third-order valence-corrected chi connectivity index (χ3v) is 3.30. The highest BCUT2D eigenvalue weighted by atomic mass is 16.3. The van der Waals surface area contributed by atoms with Gasteiger partial charge in [0.2, 0.25) is 0 Å². The fourth-order valence-corrected chi connectivity index (χ4v) is 2.22. The minimum Gasteiger partial charge on any atom is -0.395 e. The van der Waals surface area contributed by atoms with Gasteiger partial charge in [0.05, 0.1) is 12.8 Å². The highest BCUT2D eigenvalue weighted by Crippen LogP contribution is 2.11. The standard InChI is InChI=1S/C15H28N2O/c1-2-3-4-5-6-7-8-9-10-15-16-11-12-17(15)13-14-18/h6-7,11-12,15-16,18H,2-5,8-10,13-14H2,1H3/b7-6+. The van der Waals surface area contributed by atoms with Crippen molar-refractivity contribution >= 4 is 0 Å². The van der Waals surface area contributed by atoms with Crippen LogP contribution in [0.2, 0.25) is 0 Å². The molecule has 1 aliphatic rings. The van der Waals surface area contributed by atoms with Gasteiger partial charge in [-0.3, -0.25) is 0 Å². The van der Waals surface area contributed by atoms with Crippen LogP contribution in [-0.2, 0) is 0 Å². The largest absolute Gasteiger partial charge is 0.395 e. The summed E-state index contributed by atoms with van der Waals surface area (Å²) in [6.07, 6.45) is 17.7. The van der Waals surface area contributed by atoms with Gasteiger partial charge in [0.25, 0.3) is 0 Å². The van der Waals surface area contributed by atoms with Crippen LogP contribution < -0.4 is 5.32 Å². The third kappa shape index (κ3) is 6.10. The summed E-state index contributed by atoms with van der Waals surface area (Å²) in [6, 6.07) is 0. The van der Waals surface area contributed by atoms with E-state index in [1.54, 1.807) is 0 Å². The molecule has 0 radical (unpaired) electrons. The lowest BCUT2D eigenvalue weighted by atomic mass is 10.1. The third-order valence-electron chi connectivity index (χ3n) is 3.30. The number of allylic oxidation sites excluding steroid dienone is 2. The van der Waals surface area contributed by atoms with Crippen molar-refractivity contribution in [2.75, 3.05) is 13.2 Å². The van der Waals surface area contributed by atoms with Gasteiger partial charge in [0, 0.05) is 18.9 Å². The Morgan fingerprint density at radius 2 is 2.00 bits per heavy atom. The van der Waals surface area contributed by atoms with Crippen LogP contribution >= 0.6 is 0 Å². The zero-order chi connectivity index (χ0) is 13.1. The van der Waals surface area contributed by atoms with Crippen LogP contribution in [0.1, 0.15) is 51.9 Å². The molecule has 1 rings (SSSR count). The van der Waals surface area contributed by atoms with Crippen LogP contribution in [0.15, 0.2) is 24.6 Å². The average Bonchev–Trinajstić information content (AvgIpc) is 2.81. The summed E-state index contributed by atoms with van der Waals surface area (Å²) in [5, 5.41) is 12.3. The van der Waals surface area contributed by atoms with Gasteiger partial charge < -0.3 is 15.3 Å². The topological polar surface area (TPSA) is 35.5 Å². The van der Waals surface area contributed by atoms with Crippen molar-refractivity contribution in [2.24, 2.45) is 0 Å². The van der Waals surface area contributed by atoms with E-state index in [1.807, 2.05) is 12.4 Å². The average molecular weight is 252 g/mol. The number of nitrogens with zero attached hydrogens (tertiary/aromatic N) is 1. The fraction of sp³-hybridized carbons (Fsp3) is 0.733. The van der Waals surface area contributed by atoms with E-state index < -0.39 is 0 Å². The van der Waals surface area contributed by atoms with E-state index >= 15 is 0 Å². The Morgan fingerprint density at radius 3 is 2.72 bits per heavy atom. The second kappa shape index (κ2) is 10.0. The van der Waals surface area contributed by atoms with E-state index in [4.69, 9.17) is 5.11 Å². The first-order chi connectivity index (χ1) is 8.88. The number of hydrogen-bond acceptors (Lipinski definition) is 3. The number of hydrogen-bond donors (Lipinski definition) is 2. The molecule has 1 aliphatic heterocycles. The van der Waals surface area contributed by atoms with Crippen LogP contribution in [0.5, 0.6) is 0 Å². The molecule has 104 valence electrons. The maximum absolute atomic E-state index is 8.94. The molecule has 0 amide bonds. The Morgan fingerprint density at radius 1 is 1.22 bits per heavy atom. The summed E-state index contributed by atoms with van der Waals surface area (Å²) < 4.78 is 0. The molecule has 0 aromatic rings. The van der Waals surface area contributed by atoms with E-state index in [0.29, 0.717) is 6.17 Å². The van der Waals surface area contributed by atoms with Gasteiger partial charge in [-0.15, -0.1) is 0 Å². The maximum atomic E-state index is 8.94. The number of β-amino-alcohol motifs (C(OH)–C–C–N with tert-alkyl or cyclic N) is 1. The highest BCUT2D eigenvalue weighted by molar-refractivity contribution is 4.94. The molecule has 2 N–H and O–H groups in total. The zero-order valence-electron chi connectivity index (χ0n) is 11.6. The minimum atomic E-state index is 0.222. The molecule has 0 saturated carbocycles. The number of aliphatic hydroxyl groups is 1. The van der Waals surface area contributed by atoms with Gasteiger partial charge in [0.15, 0.2) is 0 Å². The summed E-state index contributed by atoms with van der Waals surface area (Å²) in [6.45, 7) is 3.19. The molecule has 0 aromatic heterocycles. The summed E-state index contributed by atoms with van der Waals surface area (Å²) in [5.41, 5.74) is 0. The van der Waals surface area contributed by atoms with E-state index in [1.165, 1.54) is 32.1 Å². The van der Waals surface area contributed by atoms with Crippen molar-refractivity contribution in [3.05, 3.63) is 24.6 Å². The molecule has 1 atom stereocenters. The predicted octanol–water partition coefficient (Wildman–Crippen LogP) is 2.99. The monoisotopic (exact) mass is 252 g/mol. The lowest BCUT2D eigenvalue weighted by Crippen LogP contribution is -2.36. The molecule has 1 unspecified atom stereocenters. The summed E-state index contributed by atoms with van der Waals surface area (Å²) in [7, 11) is 0. The molecule has 3 nitrogen and oxygen atoms in total. The molecule has 0 aliphatic carbocycles. The van der Waals surface area contributed by atoms with E-state index in [-0.39, 0.29) is 6.61 Å². The fourth-order valence-electron chi connectivity index (χ4n) is 2.22. The Labute approximate surface area is 112 Å². The van der Waals surface area contributed by atoms with Crippen LogP contribution in [0.25, 0.3) is 0 Å². The Balaban J connectivity index is 2.00. The maximum Gasteiger partial charge on any atom is 0.0982 e. The highest BCUT2D eigenvalue weighted by Gasteiger charge is 2.16. The zero-order valence-corrected chi connectivity index (χ0v) is 11.6. The minimum absolute atomic E-state index is 0.222. The molecule has 1 heterocycles. The van der Waals surface area contributed by atoms with Gasteiger partial charge in [-0.2, -0.15) is 0 Å². The number of nitrogens with one attached hydrogen (secondary N) is 1. The Hall–Kier alpha value is -0.960. The van der Waals surface area contributed by atoms with Gasteiger partial charge >= 0.3 is 0 Å². The second-order valence-corrected chi connectivity index (χ2v) is 4.86. The first kappa shape index (κ1) is 15.1. The van der Waals surface area contributed by atoms with Crippen molar-refractivity contribution in [3.8, 4) is 0 Å². The first-order valence-corrected chi connectivity index (χ1v) is 7.32. The second-order valence-electron chi connectivity index (χ2n) is 4.86. The number of aliphatic hydroxyl groups excluding tert-OH is 1. The molecule has 0 saturated heterocycles. The molecule has 18 heavy (non-hydrogen) atoms. The quantitative estimate of drug-likeness (QED) is 0.463. The lowest BCUT2D eigenvalue weighted by molar-refractivity contribution is 0.194. The number of unbranched alkanes of at least 4 members (excludes halogenated alkanes) is 4. The summed E-state index contributed by atoms with van der Waals surface area (Å²) >= 11 is 0. The summed E-state index contributed by atoms with van der Waals surface area (Å²) in [4.78, 5) is 2.17.